The Morgan fingerprint density at radius 1 is 1.40 bits per heavy atom. The maximum absolute atomic E-state index is 11.4. The molecule has 5 N–H and O–H groups in total. The molecule has 1 aromatic rings. The van der Waals surface area contributed by atoms with E-state index >= 15 is 0 Å². The number of nitrogen functional groups attached to an aromatic ring is 1. The lowest BCUT2D eigenvalue weighted by molar-refractivity contribution is 0.100. The summed E-state index contributed by atoms with van der Waals surface area (Å²) in [6.07, 6.45) is 0. The summed E-state index contributed by atoms with van der Waals surface area (Å²) in [6.45, 7) is 3.88. The number of anilines is 2. The lowest BCUT2D eigenvalue weighted by Gasteiger charge is -2.38. The topological polar surface area (TPSA) is 87.6 Å². The molecule has 0 aliphatic carbocycles. The van der Waals surface area contributed by atoms with Crippen LogP contribution < -0.4 is 16.8 Å². The van der Waals surface area contributed by atoms with Crippen molar-refractivity contribution in [1.82, 2.24) is 9.80 Å². The van der Waals surface area contributed by atoms with Crippen LogP contribution in [-0.2, 0) is 0 Å². The summed E-state index contributed by atoms with van der Waals surface area (Å²) in [6, 6.07) is 5.51. The zero-order valence-electron chi connectivity index (χ0n) is 12.1. The van der Waals surface area contributed by atoms with Crippen molar-refractivity contribution in [2.24, 2.45) is 5.73 Å². The number of nitrogens with two attached hydrogens (primary N) is 2. The van der Waals surface area contributed by atoms with Gasteiger partial charge < -0.3 is 21.7 Å². The number of amides is 1. The molecule has 1 unspecified atom stereocenters. The second-order valence-corrected chi connectivity index (χ2v) is 5.45. The van der Waals surface area contributed by atoms with Gasteiger partial charge in [-0.2, -0.15) is 0 Å². The van der Waals surface area contributed by atoms with Gasteiger partial charge in [0, 0.05) is 43.6 Å². The van der Waals surface area contributed by atoms with Gasteiger partial charge in [0.25, 0.3) is 5.91 Å². The Morgan fingerprint density at radius 3 is 2.85 bits per heavy atom. The van der Waals surface area contributed by atoms with Crippen LogP contribution in [0.25, 0.3) is 0 Å². The summed E-state index contributed by atoms with van der Waals surface area (Å²) in [5, 5.41) is 3.31. The van der Waals surface area contributed by atoms with Crippen LogP contribution >= 0.6 is 0 Å². The number of piperazine rings is 1. The normalized spacial score (nSPS) is 20.8. The first-order valence-electron chi connectivity index (χ1n) is 6.79. The molecule has 1 atom stereocenters. The van der Waals surface area contributed by atoms with E-state index in [1.807, 2.05) is 0 Å². The summed E-state index contributed by atoms with van der Waals surface area (Å²) < 4.78 is 0. The second-order valence-electron chi connectivity index (χ2n) is 5.45. The Hall–Kier alpha value is -1.79. The molecule has 0 bridgehead atoms. The number of benzene rings is 1. The summed E-state index contributed by atoms with van der Waals surface area (Å²) in [7, 11) is 4.24. The average Bonchev–Trinajstić information content (AvgIpc) is 2.39. The monoisotopic (exact) mass is 277 g/mol. The van der Waals surface area contributed by atoms with Crippen LogP contribution in [0.3, 0.4) is 0 Å². The summed E-state index contributed by atoms with van der Waals surface area (Å²) >= 11 is 0. The maximum Gasteiger partial charge on any atom is 0.250 e. The summed E-state index contributed by atoms with van der Waals surface area (Å²) in [5.74, 6) is -0.443. The van der Waals surface area contributed by atoms with E-state index in [1.165, 1.54) is 0 Å². The van der Waals surface area contributed by atoms with Crippen LogP contribution in [0.1, 0.15) is 10.4 Å². The van der Waals surface area contributed by atoms with Crippen molar-refractivity contribution in [1.29, 1.82) is 0 Å². The van der Waals surface area contributed by atoms with Crippen molar-refractivity contribution < 1.29 is 4.79 Å². The lowest BCUT2D eigenvalue weighted by atomic mass is 10.1. The fourth-order valence-corrected chi connectivity index (χ4v) is 2.47. The molecule has 6 heteroatoms. The first-order valence-corrected chi connectivity index (χ1v) is 6.79. The molecular formula is C14H23N5O. The number of carbonyl (C=O) groups excluding carboxylic acids is 1. The Bertz CT molecular complexity index is 490. The van der Waals surface area contributed by atoms with E-state index in [0.29, 0.717) is 23.0 Å². The van der Waals surface area contributed by atoms with E-state index in [9.17, 15) is 4.79 Å². The third-order valence-electron chi connectivity index (χ3n) is 3.82. The number of hydrogen-bond donors (Lipinski definition) is 3. The average molecular weight is 277 g/mol. The van der Waals surface area contributed by atoms with E-state index < -0.39 is 5.91 Å². The van der Waals surface area contributed by atoms with Crippen molar-refractivity contribution in [3.8, 4) is 0 Å². The SMILES string of the molecule is CN1CCN(C)C(CNc2cc(N)ccc2C(N)=O)C1. The molecule has 110 valence electrons. The third kappa shape index (κ3) is 3.40. The predicted molar refractivity (Wildman–Crippen MR) is 81.8 cm³/mol. The predicted octanol–water partition coefficient (Wildman–Crippen LogP) is 0.0254. The summed E-state index contributed by atoms with van der Waals surface area (Å²) in [5.41, 5.74) is 13.0. The summed E-state index contributed by atoms with van der Waals surface area (Å²) in [4.78, 5) is 16.1. The third-order valence-corrected chi connectivity index (χ3v) is 3.82. The largest absolute Gasteiger partial charge is 0.399 e. The molecule has 0 saturated carbocycles. The van der Waals surface area contributed by atoms with Crippen molar-refractivity contribution in [2.75, 3.05) is 51.3 Å². The smallest absolute Gasteiger partial charge is 0.250 e. The van der Waals surface area contributed by atoms with Crippen molar-refractivity contribution >= 4 is 17.3 Å². The van der Waals surface area contributed by atoms with E-state index in [2.05, 4.69) is 29.2 Å². The molecule has 1 fully saturated rings. The molecule has 6 nitrogen and oxygen atoms in total. The Morgan fingerprint density at radius 2 is 2.15 bits per heavy atom. The standard InChI is InChI=1S/C14H23N5O/c1-18-5-6-19(2)11(9-18)8-17-13-7-10(15)3-4-12(13)14(16)20/h3-4,7,11,17H,5-6,8-9,15H2,1-2H3,(H2,16,20). The zero-order chi connectivity index (χ0) is 14.7. The molecule has 1 aliphatic rings. The first kappa shape index (κ1) is 14.6. The molecule has 0 radical (unpaired) electrons. The highest BCUT2D eigenvalue weighted by Gasteiger charge is 2.22. The fourth-order valence-electron chi connectivity index (χ4n) is 2.47. The Labute approximate surface area is 119 Å². The number of likely N-dealkylation sites (N-methyl/N-ethyl adjacent to an activating group) is 2. The molecular weight excluding hydrogens is 254 g/mol. The highest BCUT2D eigenvalue weighted by Crippen LogP contribution is 2.19. The molecule has 1 heterocycles. The Balaban J connectivity index is 2.06. The maximum atomic E-state index is 11.4. The van der Waals surface area contributed by atoms with Crippen molar-refractivity contribution in [3.05, 3.63) is 23.8 Å². The van der Waals surface area contributed by atoms with E-state index in [-0.39, 0.29) is 0 Å². The molecule has 1 amide bonds. The molecule has 2 rings (SSSR count). The number of nitrogens with zero attached hydrogens (tertiary/aromatic N) is 2. The highest BCUT2D eigenvalue weighted by molar-refractivity contribution is 5.99. The molecule has 1 aliphatic heterocycles. The quantitative estimate of drug-likeness (QED) is 0.676. The molecule has 0 spiro atoms. The number of rotatable bonds is 4. The van der Waals surface area contributed by atoms with E-state index in [4.69, 9.17) is 11.5 Å². The van der Waals surface area contributed by atoms with Crippen LogP contribution in [0.15, 0.2) is 18.2 Å². The Kier molecular flexibility index (Phi) is 4.46. The van der Waals surface area contributed by atoms with Gasteiger partial charge in [-0.05, 0) is 32.3 Å². The van der Waals surface area contributed by atoms with Crippen molar-refractivity contribution in [3.63, 3.8) is 0 Å². The van der Waals surface area contributed by atoms with Crippen LogP contribution in [-0.4, -0.2) is 62.0 Å². The molecule has 20 heavy (non-hydrogen) atoms. The van der Waals surface area contributed by atoms with Gasteiger partial charge in [0.1, 0.15) is 0 Å². The van der Waals surface area contributed by atoms with Gasteiger partial charge >= 0.3 is 0 Å². The number of carbonyl (C=O) groups is 1. The van der Waals surface area contributed by atoms with Gasteiger partial charge in [-0.1, -0.05) is 0 Å². The fraction of sp³-hybridized carbons (Fsp3) is 0.500. The van der Waals surface area contributed by atoms with Crippen LogP contribution in [0.5, 0.6) is 0 Å². The molecule has 0 aromatic heterocycles. The number of hydrogen-bond acceptors (Lipinski definition) is 5. The van der Waals surface area contributed by atoms with Gasteiger partial charge in [0.05, 0.1) is 5.56 Å². The van der Waals surface area contributed by atoms with Gasteiger partial charge in [-0.15, -0.1) is 0 Å². The van der Waals surface area contributed by atoms with Crippen LogP contribution in [0.2, 0.25) is 0 Å². The van der Waals surface area contributed by atoms with Gasteiger partial charge in [0.2, 0.25) is 0 Å². The van der Waals surface area contributed by atoms with Crippen molar-refractivity contribution in [2.45, 2.75) is 6.04 Å². The van der Waals surface area contributed by atoms with Gasteiger partial charge in [-0.25, -0.2) is 0 Å². The molecule has 1 saturated heterocycles. The minimum Gasteiger partial charge on any atom is -0.399 e. The molecule has 1 aromatic carbocycles. The first-order chi connectivity index (χ1) is 9.47. The zero-order valence-corrected chi connectivity index (χ0v) is 12.1. The van der Waals surface area contributed by atoms with Gasteiger partial charge in [-0.3, -0.25) is 9.69 Å². The minimum atomic E-state index is -0.443. The minimum absolute atomic E-state index is 0.399. The van der Waals surface area contributed by atoms with Gasteiger partial charge in [0.15, 0.2) is 0 Å². The van der Waals surface area contributed by atoms with E-state index in [0.717, 1.165) is 26.2 Å². The lowest BCUT2D eigenvalue weighted by Crippen LogP contribution is -2.52. The van der Waals surface area contributed by atoms with Crippen LogP contribution in [0.4, 0.5) is 11.4 Å². The second kappa shape index (κ2) is 6.11. The van der Waals surface area contributed by atoms with E-state index in [1.54, 1.807) is 18.2 Å². The highest BCUT2D eigenvalue weighted by atomic mass is 16.1. The number of primary amides is 1. The van der Waals surface area contributed by atoms with Crippen LogP contribution in [0, 0.1) is 0 Å². The number of nitrogens with one attached hydrogen (secondary N) is 1.